The van der Waals surface area contributed by atoms with Crippen molar-refractivity contribution in [1.82, 2.24) is 9.88 Å². The minimum Gasteiger partial charge on any atom is -0.368 e. The first kappa shape index (κ1) is 20.7. The first-order valence-electron chi connectivity index (χ1n) is 9.99. The highest BCUT2D eigenvalue weighted by Gasteiger charge is 2.22. The Balaban J connectivity index is 1.57. The van der Waals surface area contributed by atoms with Crippen molar-refractivity contribution in [2.45, 2.75) is 0 Å². The van der Waals surface area contributed by atoms with Crippen molar-refractivity contribution in [3.05, 3.63) is 46.3 Å². The van der Waals surface area contributed by atoms with E-state index in [0.29, 0.717) is 17.2 Å². The molecule has 8 nitrogen and oxygen atoms in total. The highest BCUT2D eigenvalue weighted by Crippen LogP contribution is 2.31. The standard InChI is InChI=1S/C20H25FN6O2S/c1-24-6-8-26(9-7-24)19-5-4-18(27(28)29)20(23-19)22-15-2-3-17(16(21)14-15)25-10-12-30-13-11-25/h2-5,14H,6-13H2,1H3,(H,22,23). The second-order valence-corrected chi connectivity index (χ2v) is 8.70. The number of nitro groups is 1. The van der Waals surface area contributed by atoms with Gasteiger partial charge in [0.2, 0.25) is 5.82 Å². The number of nitrogens with one attached hydrogen (secondary N) is 1. The number of likely N-dealkylation sites (N-methyl/N-ethyl adjacent to an activating group) is 1. The van der Waals surface area contributed by atoms with Gasteiger partial charge in [-0.1, -0.05) is 0 Å². The van der Waals surface area contributed by atoms with Crippen molar-refractivity contribution in [1.29, 1.82) is 0 Å². The Hall–Kier alpha value is -2.59. The average Bonchev–Trinajstić information content (AvgIpc) is 2.75. The summed E-state index contributed by atoms with van der Waals surface area (Å²) >= 11 is 1.87. The van der Waals surface area contributed by atoms with E-state index in [1.165, 1.54) is 12.1 Å². The van der Waals surface area contributed by atoms with Gasteiger partial charge in [-0.15, -0.1) is 0 Å². The number of nitrogens with zero attached hydrogens (tertiary/aromatic N) is 5. The third-order valence-corrected chi connectivity index (χ3v) is 6.39. The van der Waals surface area contributed by atoms with Crippen molar-refractivity contribution >= 4 is 40.5 Å². The van der Waals surface area contributed by atoms with E-state index in [2.05, 4.69) is 27.1 Å². The molecule has 1 N–H and O–H groups in total. The lowest BCUT2D eigenvalue weighted by Crippen LogP contribution is -2.44. The molecule has 0 saturated carbocycles. The van der Waals surface area contributed by atoms with E-state index in [1.807, 2.05) is 16.7 Å². The van der Waals surface area contributed by atoms with Crippen LogP contribution in [0.2, 0.25) is 0 Å². The van der Waals surface area contributed by atoms with Crippen LogP contribution in [0.25, 0.3) is 0 Å². The molecule has 1 aromatic carbocycles. The third kappa shape index (κ3) is 4.59. The molecule has 10 heteroatoms. The van der Waals surface area contributed by atoms with Crippen molar-refractivity contribution in [3.8, 4) is 0 Å². The average molecular weight is 433 g/mol. The predicted octanol–water partition coefficient (Wildman–Crippen LogP) is 3.18. The summed E-state index contributed by atoms with van der Waals surface area (Å²) in [6.07, 6.45) is 0. The Morgan fingerprint density at radius 2 is 1.80 bits per heavy atom. The second-order valence-electron chi connectivity index (χ2n) is 7.48. The molecular weight excluding hydrogens is 407 g/mol. The molecule has 0 aliphatic carbocycles. The maximum absolute atomic E-state index is 14.7. The Bertz CT molecular complexity index is 916. The third-order valence-electron chi connectivity index (χ3n) is 5.45. The summed E-state index contributed by atoms with van der Waals surface area (Å²) in [4.78, 5) is 21.9. The van der Waals surface area contributed by atoms with Crippen LogP contribution in [-0.4, -0.2) is 72.6 Å². The minimum atomic E-state index is -0.473. The number of rotatable bonds is 5. The molecule has 2 fully saturated rings. The fraction of sp³-hybridized carbons (Fsp3) is 0.450. The van der Waals surface area contributed by atoms with Gasteiger partial charge in [0, 0.05) is 62.5 Å². The fourth-order valence-corrected chi connectivity index (χ4v) is 4.58. The lowest BCUT2D eigenvalue weighted by atomic mass is 10.2. The summed E-state index contributed by atoms with van der Waals surface area (Å²) in [5, 5.41) is 14.5. The fourth-order valence-electron chi connectivity index (χ4n) is 3.67. The number of thioether (sulfide) groups is 1. The molecule has 2 aromatic rings. The Labute approximate surface area is 179 Å². The van der Waals surface area contributed by atoms with E-state index < -0.39 is 4.92 Å². The lowest BCUT2D eigenvalue weighted by Gasteiger charge is -2.33. The Morgan fingerprint density at radius 3 is 2.47 bits per heavy atom. The van der Waals surface area contributed by atoms with Gasteiger partial charge in [0.15, 0.2) is 0 Å². The first-order chi connectivity index (χ1) is 14.5. The smallest absolute Gasteiger partial charge is 0.311 e. The van der Waals surface area contributed by atoms with Gasteiger partial charge < -0.3 is 20.0 Å². The van der Waals surface area contributed by atoms with Gasteiger partial charge in [0.25, 0.3) is 0 Å². The first-order valence-corrected chi connectivity index (χ1v) is 11.1. The maximum Gasteiger partial charge on any atom is 0.311 e. The van der Waals surface area contributed by atoms with Gasteiger partial charge in [-0.05, 0) is 31.3 Å². The summed E-state index contributed by atoms with van der Waals surface area (Å²) in [7, 11) is 2.06. The van der Waals surface area contributed by atoms with Crippen LogP contribution in [0.15, 0.2) is 30.3 Å². The zero-order valence-corrected chi connectivity index (χ0v) is 17.7. The molecule has 3 heterocycles. The molecule has 4 rings (SSSR count). The summed E-state index contributed by atoms with van der Waals surface area (Å²) in [5.41, 5.74) is 0.869. The van der Waals surface area contributed by atoms with E-state index in [-0.39, 0.29) is 17.3 Å². The molecule has 0 spiro atoms. The quantitative estimate of drug-likeness (QED) is 0.570. The van der Waals surface area contributed by atoms with Crippen LogP contribution >= 0.6 is 11.8 Å². The number of pyridine rings is 1. The number of aromatic nitrogens is 1. The van der Waals surface area contributed by atoms with Gasteiger partial charge in [-0.2, -0.15) is 11.8 Å². The van der Waals surface area contributed by atoms with E-state index in [4.69, 9.17) is 0 Å². The molecule has 0 radical (unpaired) electrons. The lowest BCUT2D eigenvalue weighted by molar-refractivity contribution is -0.384. The molecular formula is C20H25FN6O2S. The van der Waals surface area contributed by atoms with Gasteiger partial charge >= 0.3 is 5.69 Å². The molecule has 0 bridgehead atoms. The van der Waals surface area contributed by atoms with E-state index in [9.17, 15) is 14.5 Å². The van der Waals surface area contributed by atoms with E-state index >= 15 is 0 Å². The van der Waals surface area contributed by atoms with Crippen molar-refractivity contribution in [2.24, 2.45) is 0 Å². The van der Waals surface area contributed by atoms with Crippen LogP contribution < -0.4 is 15.1 Å². The van der Waals surface area contributed by atoms with Crippen LogP contribution in [-0.2, 0) is 0 Å². The largest absolute Gasteiger partial charge is 0.368 e. The van der Waals surface area contributed by atoms with E-state index in [0.717, 1.165) is 50.8 Å². The monoisotopic (exact) mass is 432 g/mol. The minimum absolute atomic E-state index is 0.123. The van der Waals surface area contributed by atoms with Gasteiger partial charge in [0.05, 0.1) is 10.6 Å². The number of halogens is 1. The molecule has 0 unspecified atom stereocenters. The van der Waals surface area contributed by atoms with Crippen LogP contribution in [0.1, 0.15) is 0 Å². The van der Waals surface area contributed by atoms with Crippen LogP contribution in [0.4, 0.5) is 33.1 Å². The van der Waals surface area contributed by atoms with Crippen molar-refractivity contribution in [2.75, 3.05) is 72.9 Å². The maximum atomic E-state index is 14.7. The molecule has 1 aromatic heterocycles. The van der Waals surface area contributed by atoms with Crippen molar-refractivity contribution < 1.29 is 9.31 Å². The van der Waals surface area contributed by atoms with E-state index in [1.54, 1.807) is 18.2 Å². The molecule has 0 atom stereocenters. The zero-order valence-electron chi connectivity index (χ0n) is 16.9. The second kappa shape index (κ2) is 9.05. The highest BCUT2D eigenvalue weighted by molar-refractivity contribution is 7.99. The molecule has 2 aliphatic rings. The van der Waals surface area contributed by atoms with Gasteiger partial charge in [0.1, 0.15) is 11.6 Å². The van der Waals surface area contributed by atoms with Crippen LogP contribution in [0.3, 0.4) is 0 Å². The highest BCUT2D eigenvalue weighted by atomic mass is 32.2. The number of anilines is 4. The molecule has 2 saturated heterocycles. The Kier molecular flexibility index (Phi) is 6.24. The predicted molar refractivity (Wildman–Crippen MR) is 120 cm³/mol. The molecule has 160 valence electrons. The zero-order chi connectivity index (χ0) is 21.1. The van der Waals surface area contributed by atoms with Gasteiger partial charge in [-0.25, -0.2) is 9.37 Å². The molecule has 2 aliphatic heterocycles. The number of hydrogen-bond acceptors (Lipinski definition) is 8. The summed E-state index contributed by atoms with van der Waals surface area (Å²) in [6, 6.07) is 7.98. The summed E-state index contributed by atoms with van der Waals surface area (Å²) < 4.78 is 14.7. The summed E-state index contributed by atoms with van der Waals surface area (Å²) in [5.74, 6) is 2.42. The topological polar surface area (TPSA) is 77.8 Å². The van der Waals surface area contributed by atoms with Gasteiger partial charge in [-0.3, -0.25) is 10.1 Å². The van der Waals surface area contributed by atoms with Crippen LogP contribution in [0.5, 0.6) is 0 Å². The van der Waals surface area contributed by atoms with Crippen LogP contribution in [0, 0.1) is 15.9 Å². The molecule has 30 heavy (non-hydrogen) atoms. The van der Waals surface area contributed by atoms with Crippen molar-refractivity contribution in [3.63, 3.8) is 0 Å². The number of hydrogen-bond donors (Lipinski definition) is 1. The summed E-state index contributed by atoms with van der Waals surface area (Å²) in [6.45, 7) is 5.05. The number of piperazine rings is 1. The SMILES string of the molecule is CN1CCN(c2ccc([N+](=O)[O-])c(Nc3ccc(N4CCSCC4)c(F)c3)n2)CC1. The normalized spacial score (nSPS) is 17.8. The Morgan fingerprint density at radius 1 is 1.07 bits per heavy atom. The molecule has 0 amide bonds. The number of benzene rings is 1.